The van der Waals surface area contributed by atoms with Gasteiger partial charge in [0, 0.05) is 11.2 Å². The van der Waals surface area contributed by atoms with Crippen molar-refractivity contribution >= 4 is 40.5 Å². The Morgan fingerprint density at radius 3 is 1.89 bits per heavy atom. The predicted octanol–water partition coefficient (Wildman–Crippen LogP) is 7.84. The zero-order chi connectivity index (χ0) is 30.3. The number of alkyl halides is 3. The molecule has 0 aliphatic rings. The number of benzene rings is 2. The average molecular weight is 577 g/mol. The summed E-state index contributed by atoms with van der Waals surface area (Å²) in [6.07, 6.45) is -4.14. The molecule has 0 saturated heterocycles. The molecule has 216 valence electrons. The van der Waals surface area contributed by atoms with Gasteiger partial charge in [-0.3, -0.25) is 9.59 Å². The average Bonchev–Trinajstić information content (AvgIpc) is 2.95. The third kappa shape index (κ3) is 15.0. The fraction of sp³-hybridized carbons (Fsp3) is 0.464. The number of ether oxygens (including phenoxy) is 1. The molecule has 0 aliphatic heterocycles. The maximum Gasteiger partial charge on any atom is 0.416 e. The third-order valence-corrected chi connectivity index (χ3v) is 5.37. The van der Waals surface area contributed by atoms with Crippen LogP contribution < -0.4 is 15.8 Å². The monoisotopic (exact) mass is 576 g/mol. The van der Waals surface area contributed by atoms with Crippen LogP contribution in [0.1, 0.15) is 82.4 Å². The molecule has 0 aliphatic carbocycles. The Kier molecular flexibility index (Phi) is 24.7. The summed E-state index contributed by atoms with van der Waals surface area (Å²) >= 11 is 5.88. The fourth-order valence-electron chi connectivity index (χ4n) is 2.65. The van der Waals surface area contributed by atoms with Crippen LogP contribution in [-0.2, 0) is 23.9 Å². The lowest BCUT2D eigenvalue weighted by molar-refractivity contribution is -0.137. The number of carbonyl (C=O) groups is 2. The van der Waals surface area contributed by atoms with Crippen molar-refractivity contribution in [3.05, 3.63) is 64.7 Å². The highest BCUT2D eigenvalue weighted by molar-refractivity contribution is 8.21. The molecule has 3 N–H and O–H groups in total. The van der Waals surface area contributed by atoms with Crippen LogP contribution in [0.25, 0.3) is 0 Å². The van der Waals surface area contributed by atoms with Crippen molar-refractivity contribution < 1.29 is 27.5 Å². The summed E-state index contributed by atoms with van der Waals surface area (Å²) in [5, 5.41) is 2.09. The molecule has 0 spiro atoms. The molecule has 0 radical (unpaired) electrons. The molecule has 2 rings (SSSR count). The number of thiocarbonyl (C=S) groups is 1. The van der Waals surface area contributed by atoms with Gasteiger partial charge in [-0.1, -0.05) is 85.8 Å². The zero-order valence-corrected chi connectivity index (χ0v) is 25.5. The first-order chi connectivity index (χ1) is 18.2. The Hall–Kier alpha value is -2.59. The molecule has 0 saturated carbocycles. The highest BCUT2D eigenvalue weighted by Gasteiger charge is 2.29. The molecular weight excluding hydrogens is 533 g/mol. The molecule has 0 aromatic heterocycles. The maximum absolute atomic E-state index is 12.6. The lowest BCUT2D eigenvalue weighted by Crippen LogP contribution is -2.28. The lowest BCUT2D eigenvalue weighted by atomic mass is 10.0. The van der Waals surface area contributed by atoms with E-state index >= 15 is 0 Å². The van der Waals surface area contributed by atoms with E-state index in [4.69, 9.17) is 22.7 Å². The summed E-state index contributed by atoms with van der Waals surface area (Å²) in [5.41, 5.74) is 6.04. The molecule has 1 unspecified atom stereocenters. The predicted molar refractivity (Wildman–Crippen MR) is 159 cm³/mol. The number of methoxy groups -OCH3 is 1. The summed E-state index contributed by atoms with van der Waals surface area (Å²) in [7, 11) is 1.41. The first-order valence-electron chi connectivity index (χ1n) is 12.7. The number of hydrogen-bond donors (Lipinski definition) is 2. The topological polar surface area (TPSA) is 81.4 Å². The number of rotatable bonds is 9. The van der Waals surface area contributed by atoms with Gasteiger partial charge in [0.15, 0.2) is 0 Å². The smallest absolute Gasteiger partial charge is 0.416 e. The number of nitrogens with one attached hydrogen (secondary N) is 1. The summed E-state index contributed by atoms with van der Waals surface area (Å²) < 4.78 is 44.5. The fourth-order valence-corrected chi connectivity index (χ4v) is 3.60. The summed E-state index contributed by atoms with van der Waals surface area (Å²) in [6, 6.07) is 9.42. The van der Waals surface area contributed by atoms with E-state index in [1.807, 2.05) is 55.4 Å². The second-order valence-electron chi connectivity index (χ2n) is 6.24. The molecule has 10 heteroatoms. The van der Waals surface area contributed by atoms with Gasteiger partial charge in [-0.15, -0.1) is 11.8 Å². The van der Waals surface area contributed by atoms with E-state index in [0.29, 0.717) is 16.9 Å². The van der Waals surface area contributed by atoms with Crippen LogP contribution in [-0.4, -0.2) is 28.9 Å². The minimum Gasteiger partial charge on any atom is -0.496 e. The van der Waals surface area contributed by atoms with Crippen LogP contribution in [0, 0.1) is 0 Å². The highest BCUT2D eigenvalue weighted by Crippen LogP contribution is 2.29. The molecule has 2 aromatic carbocycles. The lowest BCUT2D eigenvalue weighted by Gasteiger charge is -2.14. The first kappa shape index (κ1) is 39.9. The highest BCUT2D eigenvalue weighted by atomic mass is 32.2. The number of thioether (sulfide) groups is 1. The molecule has 5 nitrogen and oxygen atoms in total. The molecule has 1 atom stereocenters. The van der Waals surface area contributed by atoms with Crippen LogP contribution in [0.4, 0.5) is 13.2 Å². The Morgan fingerprint density at radius 1 is 0.974 bits per heavy atom. The van der Waals surface area contributed by atoms with Crippen molar-refractivity contribution in [3.8, 4) is 5.75 Å². The van der Waals surface area contributed by atoms with Gasteiger partial charge in [-0.2, -0.15) is 13.2 Å². The first-order valence-corrected chi connectivity index (χ1v) is 14.1. The number of hydrogen-bond acceptors (Lipinski definition) is 5. The number of amides is 2. The van der Waals surface area contributed by atoms with Crippen molar-refractivity contribution in [2.45, 2.75) is 79.8 Å². The third-order valence-electron chi connectivity index (χ3n) is 4.20. The summed E-state index contributed by atoms with van der Waals surface area (Å²) in [6.45, 7) is 16.0. The number of primary amides is 1. The van der Waals surface area contributed by atoms with Crippen LogP contribution >= 0.6 is 24.0 Å². The van der Waals surface area contributed by atoms with E-state index in [1.54, 1.807) is 18.2 Å². The Labute approximate surface area is 236 Å². The van der Waals surface area contributed by atoms with Gasteiger partial charge in [-0.05, 0) is 41.8 Å². The van der Waals surface area contributed by atoms with Gasteiger partial charge >= 0.3 is 6.18 Å². The van der Waals surface area contributed by atoms with Gasteiger partial charge in [0.05, 0.1) is 23.5 Å². The van der Waals surface area contributed by atoms with Crippen molar-refractivity contribution in [1.29, 1.82) is 0 Å². The Balaban J connectivity index is -0.00000140. The van der Waals surface area contributed by atoms with Gasteiger partial charge in [0.2, 0.25) is 5.91 Å². The number of halogens is 3. The van der Waals surface area contributed by atoms with Crippen molar-refractivity contribution in [2.75, 3.05) is 7.11 Å². The summed E-state index contributed by atoms with van der Waals surface area (Å²) in [5.74, 6) is -0.668. The molecular formula is C28H43F3N2O3S2. The van der Waals surface area contributed by atoms with Gasteiger partial charge < -0.3 is 15.8 Å². The Morgan fingerprint density at radius 2 is 1.47 bits per heavy atom. The van der Waals surface area contributed by atoms with Crippen molar-refractivity contribution in [3.63, 3.8) is 0 Å². The second-order valence-corrected chi connectivity index (χ2v) is 7.85. The van der Waals surface area contributed by atoms with E-state index < -0.39 is 28.8 Å². The molecule has 0 bridgehead atoms. The normalized spacial score (nSPS) is 10.2. The van der Waals surface area contributed by atoms with E-state index in [9.17, 15) is 22.8 Å². The molecule has 0 heterocycles. The molecule has 2 amide bonds. The molecule has 0 fully saturated rings. The van der Waals surface area contributed by atoms with Gasteiger partial charge in [-0.25, -0.2) is 0 Å². The van der Waals surface area contributed by atoms with Crippen LogP contribution in [0.15, 0.2) is 42.5 Å². The van der Waals surface area contributed by atoms with Crippen LogP contribution in [0.3, 0.4) is 0 Å². The van der Waals surface area contributed by atoms with E-state index in [1.165, 1.54) is 23.9 Å². The SMILES string of the molecule is CC.CC.CC.CC.COc1ccc(CC(SC=S)C(N)=O)cc1C(=O)NCc1ccc(C(F)(F)F)cc1. The van der Waals surface area contributed by atoms with E-state index in [-0.39, 0.29) is 18.5 Å². The molecule has 38 heavy (non-hydrogen) atoms. The number of nitrogens with two attached hydrogens (primary N) is 1. The quantitative estimate of drug-likeness (QED) is 0.297. The van der Waals surface area contributed by atoms with E-state index in [0.717, 1.165) is 23.9 Å². The molecule has 2 aromatic rings. The second kappa shape index (κ2) is 23.5. The van der Waals surface area contributed by atoms with Gasteiger partial charge in [0.1, 0.15) is 5.75 Å². The minimum atomic E-state index is -4.42. The standard InChI is InChI=1S/C20H19F3N2O3S2.4C2H6/c1-28-16-7-4-13(9-17(18(24)26)30-11-29)8-15(16)19(27)25-10-12-2-5-14(6-3-12)20(21,22)23;4*1-2/h2-8,11,17H,9-10H2,1H3,(H2,24,26)(H,25,27);4*1-2H3. The Bertz CT molecular complexity index is 923. The van der Waals surface area contributed by atoms with Crippen molar-refractivity contribution in [1.82, 2.24) is 5.32 Å². The minimum absolute atomic E-state index is 0.0367. The van der Waals surface area contributed by atoms with Crippen molar-refractivity contribution in [2.24, 2.45) is 5.73 Å². The summed E-state index contributed by atoms with van der Waals surface area (Å²) in [4.78, 5) is 24.2. The largest absolute Gasteiger partial charge is 0.496 e. The maximum atomic E-state index is 12.6. The zero-order valence-electron chi connectivity index (χ0n) is 23.9. The van der Waals surface area contributed by atoms with Gasteiger partial charge in [0.25, 0.3) is 5.91 Å². The van der Waals surface area contributed by atoms with Crippen LogP contribution in [0.2, 0.25) is 0 Å². The van der Waals surface area contributed by atoms with E-state index in [2.05, 4.69) is 5.32 Å². The van der Waals surface area contributed by atoms with Crippen LogP contribution in [0.5, 0.6) is 5.75 Å². The number of carbonyl (C=O) groups excluding carboxylic acids is 2.